The van der Waals surface area contributed by atoms with E-state index in [4.69, 9.17) is 22.1 Å². The fraction of sp³-hybridized carbons (Fsp3) is 0.533. The van der Waals surface area contributed by atoms with Crippen molar-refractivity contribution in [3.05, 3.63) is 29.8 Å². The van der Waals surface area contributed by atoms with Gasteiger partial charge in [0.05, 0.1) is 39.9 Å². The average Bonchev–Trinajstić information content (AvgIpc) is 2.54. The summed E-state index contributed by atoms with van der Waals surface area (Å²) in [6.45, 7) is 5.78. The first-order valence-corrected chi connectivity index (χ1v) is 7.74. The third kappa shape index (κ3) is 4.84. The molecule has 0 unspecified atom stereocenters. The van der Waals surface area contributed by atoms with Crippen LogP contribution in [0, 0.1) is 0 Å². The Kier molecular flexibility index (Phi) is 6.22. The molecule has 1 aromatic rings. The zero-order chi connectivity index (χ0) is 15.1. The number of ether oxygens (including phenoxy) is 1. The van der Waals surface area contributed by atoms with Crippen LogP contribution in [0.15, 0.2) is 24.3 Å². The molecule has 1 aromatic carbocycles. The van der Waals surface area contributed by atoms with Crippen molar-refractivity contribution in [3.63, 3.8) is 0 Å². The van der Waals surface area contributed by atoms with E-state index in [0.717, 1.165) is 50.1 Å². The SMILES string of the molecule is COc1ccc(CNC(=S)N2CC[NH+](CCO)CC2)cc1. The molecule has 1 aliphatic rings. The van der Waals surface area contributed by atoms with Crippen LogP contribution in [0.5, 0.6) is 5.75 Å². The summed E-state index contributed by atoms with van der Waals surface area (Å²) in [6, 6.07) is 7.99. The van der Waals surface area contributed by atoms with E-state index < -0.39 is 0 Å². The second kappa shape index (κ2) is 8.17. The summed E-state index contributed by atoms with van der Waals surface area (Å²) in [7, 11) is 1.67. The van der Waals surface area contributed by atoms with Gasteiger partial charge in [-0.25, -0.2) is 0 Å². The van der Waals surface area contributed by atoms with Gasteiger partial charge in [-0.05, 0) is 29.9 Å². The van der Waals surface area contributed by atoms with Crippen LogP contribution < -0.4 is 15.0 Å². The van der Waals surface area contributed by atoms with Crippen LogP contribution in [0.2, 0.25) is 0 Å². The number of hydrogen-bond acceptors (Lipinski definition) is 3. The van der Waals surface area contributed by atoms with Gasteiger partial charge in [-0.1, -0.05) is 12.1 Å². The maximum atomic E-state index is 8.96. The van der Waals surface area contributed by atoms with Crippen LogP contribution in [-0.4, -0.2) is 61.6 Å². The third-order valence-corrected chi connectivity index (χ3v) is 4.23. The van der Waals surface area contributed by atoms with Crippen LogP contribution in [0.25, 0.3) is 0 Å². The summed E-state index contributed by atoms with van der Waals surface area (Å²) in [6.07, 6.45) is 0. The van der Waals surface area contributed by atoms with Gasteiger partial charge in [0.15, 0.2) is 5.11 Å². The van der Waals surface area contributed by atoms with E-state index in [1.807, 2.05) is 24.3 Å². The number of aliphatic hydroxyl groups is 1. The van der Waals surface area contributed by atoms with Gasteiger partial charge in [-0.2, -0.15) is 0 Å². The number of hydrogen-bond donors (Lipinski definition) is 3. The van der Waals surface area contributed by atoms with Gasteiger partial charge in [-0.3, -0.25) is 0 Å². The molecule has 2 rings (SSSR count). The Balaban J connectivity index is 1.74. The Labute approximate surface area is 131 Å². The van der Waals surface area contributed by atoms with E-state index in [2.05, 4.69) is 10.2 Å². The number of benzene rings is 1. The van der Waals surface area contributed by atoms with Crippen LogP contribution in [-0.2, 0) is 6.54 Å². The van der Waals surface area contributed by atoms with Gasteiger partial charge in [0.1, 0.15) is 12.3 Å². The average molecular weight is 310 g/mol. The summed E-state index contributed by atoms with van der Waals surface area (Å²) < 4.78 is 5.15. The first-order valence-electron chi connectivity index (χ1n) is 7.33. The number of quaternary nitrogens is 1. The van der Waals surface area contributed by atoms with Crippen molar-refractivity contribution in [2.45, 2.75) is 6.54 Å². The zero-order valence-electron chi connectivity index (χ0n) is 12.5. The van der Waals surface area contributed by atoms with Gasteiger partial charge in [-0.15, -0.1) is 0 Å². The largest absolute Gasteiger partial charge is 0.497 e. The Morgan fingerprint density at radius 2 is 2.00 bits per heavy atom. The molecule has 0 bridgehead atoms. The van der Waals surface area contributed by atoms with Crippen molar-refractivity contribution >= 4 is 17.3 Å². The number of methoxy groups -OCH3 is 1. The monoisotopic (exact) mass is 310 g/mol. The molecular weight excluding hydrogens is 286 g/mol. The molecule has 0 amide bonds. The second-order valence-corrected chi connectivity index (χ2v) is 5.60. The lowest BCUT2D eigenvalue weighted by Crippen LogP contribution is -3.15. The summed E-state index contributed by atoms with van der Waals surface area (Å²) in [5.41, 5.74) is 1.18. The van der Waals surface area contributed by atoms with Gasteiger partial charge < -0.3 is 25.0 Å². The second-order valence-electron chi connectivity index (χ2n) is 5.22. The molecule has 3 N–H and O–H groups in total. The Bertz CT molecular complexity index is 445. The molecular formula is C15H24N3O2S+. The molecule has 6 heteroatoms. The molecule has 0 spiro atoms. The van der Waals surface area contributed by atoms with Crippen LogP contribution in [0.3, 0.4) is 0 Å². The van der Waals surface area contributed by atoms with E-state index in [9.17, 15) is 0 Å². The summed E-state index contributed by atoms with van der Waals surface area (Å²) in [4.78, 5) is 3.66. The first-order chi connectivity index (χ1) is 10.2. The Morgan fingerprint density at radius 1 is 1.33 bits per heavy atom. The van der Waals surface area contributed by atoms with E-state index in [-0.39, 0.29) is 6.61 Å². The molecule has 1 fully saturated rings. The van der Waals surface area contributed by atoms with Crippen molar-refractivity contribution in [3.8, 4) is 5.75 Å². The van der Waals surface area contributed by atoms with Gasteiger partial charge in [0.2, 0.25) is 0 Å². The summed E-state index contributed by atoms with van der Waals surface area (Å²) in [5.74, 6) is 0.865. The van der Waals surface area contributed by atoms with Crippen molar-refractivity contribution in [2.75, 3.05) is 46.4 Å². The lowest BCUT2D eigenvalue weighted by molar-refractivity contribution is -0.904. The van der Waals surface area contributed by atoms with Crippen molar-refractivity contribution < 1.29 is 14.7 Å². The van der Waals surface area contributed by atoms with E-state index in [1.165, 1.54) is 10.5 Å². The molecule has 0 atom stereocenters. The molecule has 0 aliphatic carbocycles. The van der Waals surface area contributed by atoms with E-state index in [0.29, 0.717) is 0 Å². The molecule has 1 heterocycles. The predicted molar refractivity (Wildman–Crippen MR) is 86.7 cm³/mol. The quantitative estimate of drug-likeness (QED) is 0.626. The van der Waals surface area contributed by atoms with Crippen molar-refractivity contribution in [1.29, 1.82) is 0 Å². The minimum Gasteiger partial charge on any atom is -0.497 e. The molecule has 0 radical (unpaired) electrons. The number of nitrogens with zero attached hydrogens (tertiary/aromatic N) is 1. The van der Waals surface area contributed by atoms with E-state index >= 15 is 0 Å². The van der Waals surface area contributed by atoms with Gasteiger partial charge >= 0.3 is 0 Å². The summed E-state index contributed by atoms with van der Waals surface area (Å²) >= 11 is 5.46. The lowest BCUT2D eigenvalue weighted by Gasteiger charge is -2.33. The molecule has 0 saturated carbocycles. The maximum absolute atomic E-state index is 8.96. The van der Waals surface area contributed by atoms with Crippen LogP contribution in [0.4, 0.5) is 0 Å². The highest BCUT2D eigenvalue weighted by atomic mass is 32.1. The van der Waals surface area contributed by atoms with Gasteiger partial charge in [0, 0.05) is 6.54 Å². The predicted octanol–water partition coefficient (Wildman–Crippen LogP) is -0.737. The lowest BCUT2D eigenvalue weighted by atomic mass is 10.2. The number of piperazine rings is 1. The molecule has 1 saturated heterocycles. The maximum Gasteiger partial charge on any atom is 0.169 e. The van der Waals surface area contributed by atoms with Crippen LogP contribution >= 0.6 is 12.2 Å². The number of aliphatic hydroxyl groups excluding tert-OH is 1. The van der Waals surface area contributed by atoms with Crippen molar-refractivity contribution in [2.24, 2.45) is 0 Å². The Morgan fingerprint density at radius 3 is 2.57 bits per heavy atom. The topological polar surface area (TPSA) is 49.2 Å². The van der Waals surface area contributed by atoms with Gasteiger partial charge in [0.25, 0.3) is 0 Å². The molecule has 21 heavy (non-hydrogen) atoms. The highest BCUT2D eigenvalue weighted by molar-refractivity contribution is 7.80. The first kappa shape index (κ1) is 16.0. The fourth-order valence-electron chi connectivity index (χ4n) is 2.47. The molecule has 5 nitrogen and oxygen atoms in total. The molecule has 0 aromatic heterocycles. The highest BCUT2D eigenvalue weighted by Crippen LogP contribution is 2.11. The Hall–Kier alpha value is -1.37. The number of thiocarbonyl (C=S) groups is 1. The third-order valence-electron chi connectivity index (χ3n) is 3.83. The molecule has 116 valence electrons. The minimum absolute atomic E-state index is 0.259. The number of nitrogens with one attached hydrogen (secondary N) is 2. The summed E-state index contributed by atoms with van der Waals surface area (Å²) in [5, 5.41) is 13.1. The van der Waals surface area contributed by atoms with E-state index in [1.54, 1.807) is 7.11 Å². The fourth-order valence-corrected chi connectivity index (χ4v) is 2.72. The van der Waals surface area contributed by atoms with Crippen molar-refractivity contribution in [1.82, 2.24) is 10.2 Å². The normalized spacial score (nSPS) is 15.8. The standard InChI is InChI=1S/C15H23N3O2S/c1-20-14-4-2-13(3-5-14)12-16-15(21)18-8-6-17(7-9-18)10-11-19/h2-5,19H,6-12H2,1H3,(H,16,21)/p+1. The van der Waals surface area contributed by atoms with Crippen LogP contribution in [0.1, 0.15) is 5.56 Å². The smallest absolute Gasteiger partial charge is 0.169 e. The highest BCUT2D eigenvalue weighted by Gasteiger charge is 2.20. The molecule has 1 aliphatic heterocycles. The zero-order valence-corrected chi connectivity index (χ0v) is 13.3. The minimum atomic E-state index is 0.259. The number of rotatable bonds is 5.